The van der Waals surface area contributed by atoms with Crippen molar-refractivity contribution >= 4 is 21.8 Å². The van der Waals surface area contributed by atoms with E-state index in [9.17, 15) is 8.42 Å². The second-order valence-electron chi connectivity index (χ2n) is 6.73. The van der Waals surface area contributed by atoms with Crippen LogP contribution in [-0.4, -0.2) is 53.7 Å². The standard InChI is InChI=1S/C19H23N3O2S2/c23-26(24,22-8-6-17-4-2-7-20-19(17)15-22)18-5-1-3-16(13-18)14-21-9-11-25-12-10-21/h1-5,7,13H,6,8-12,14-15H2. The molecule has 5 nitrogen and oxygen atoms in total. The van der Waals surface area contributed by atoms with Gasteiger partial charge in [0, 0.05) is 43.9 Å². The fourth-order valence-electron chi connectivity index (χ4n) is 3.51. The molecular formula is C19H23N3O2S2. The highest BCUT2D eigenvalue weighted by Gasteiger charge is 2.29. The van der Waals surface area contributed by atoms with Gasteiger partial charge < -0.3 is 0 Å². The van der Waals surface area contributed by atoms with Gasteiger partial charge in [0.15, 0.2) is 0 Å². The number of hydrogen-bond acceptors (Lipinski definition) is 5. The highest BCUT2D eigenvalue weighted by atomic mass is 32.2. The van der Waals surface area contributed by atoms with Crippen LogP contribution < -0.4 is 0 Å². The first-order valence-corrected chi connectivity index (χ1v) is 11.5. The number of pyridine rings is 1. The second-order valence-corrected chi connectivity index (χ2v) is 9.90. The summed E-state index contributed by atoms with van der Waals surface area (Å²) in [6.07, 6.45) is 2.44. The summed E-state index contributed by atoms with van der Waals surface area (Å²) in [4.78, 5) is 7.14. The highest BCUT2D eigenvalue weighted by Crippen LogP contribution is 2.24. The summed E-state index contributed by atoms with van der Waals surface area (Å²) in [7, 11) is -3.50. The van der Waals surface area contributed by atoms with E-state index >= 15 is 0 Å². The van der Waals surface area contributed by atoms with Crippen molar-refractivity contribution in [3.8, 4) is 0 Å². The molecule has 1 aromatic heterocycles. The average molecular weight is 390 g/mol. The van der Waals surface area contributed by atoms with Crippen LogP contribution in [0.4, 0.5) is 0 Å². The van der Waals surface area contributed by atoms with Gasteiger partial charge >= 0.3 is 0 Å². The van der Waals surface area contributed by atoms with Gasteiger partial charge in [-0.05, 0) is 35.7 Å². The summed E-state index contributed by atoms with van der Waals surface area (Å²) in [6.45, 7) is 3.81. The molecule has 0 amide bonds. The number of hydrogen-bond donors (Lipinski definition) is 0. The van der Waals surface area contributed by atoms with Crippen molar-refractivity contribution < 1.29 is 8.42 Å². The Hall–Kier alpha value is -1.41. The Morgan fingerprint density at radius 1 is 1.08 bits per heavy atom. The zero-order valence-corrected chi connectivity index (χ0v) is 16.3. The van der Waals surface area contributed by atoms with Gasteiger partial charge in [0.2, 0.25) is 10.0 Å². The molecule has 2 aromatic rings. The molecule has 0 atom stereocenters. The van der Waals surface area contributed by atoms with Gasteiger partial charge in [-0.1, -0.05) is 18.2 Å². The highest BCUT2D eigenvalue weighted by molar-refractivity contribution is 7.99. The fraction of sp³-hybridized carbons (Fsp3) is 0.421. The first-order valence-electron chi connectivity index (χ1n) is 8.95. The van der Waals surface area contributed by atoms with Crippen molar-refractivity contribution in [3.05, 3.63) is 59.4 Å². The maximum Gasteiger partial charge on any atom is 0.243 e. The molecule has 7 heteroatoms. The summed E-state index contributed by atoms with van der Waals surface area (Å²) in [6, 6.07) is 11.4. The molecule has 0 aliphatic carbocycles. The van der Waals surface area contributed by atoms with Crippen LogP contribution in [-0.2, 0) is 29.5 Å². The number of fused-ring (bicyclic) bond motifs is 1. The summed E-state index contributed by atoms with van der Waals surface area (Å²) in [5.74, 6) is 2.30. The zero-order valence-electron chi connectivity index (χ0n) is 14.7. The van der Waals surface area contributed by atoms with E-state index in [4.69, 9.17) is 0 Å². The monoisotopic (exact) mass is 389 g/mol. The Kier molecular flexibility index (Phi) is 5.31. The SMILES string of the molecule is O=S(=O)(c1cccc(CN2CCSCC2)c1)N1CCc2cccnc2C1. The van der Waals surface area contributed by atoms with Gasteiger partial charge in [0.05, 0.1) is 17.1 Å². The van der Waals surface area contributed by atoms with Crippen LogP contribution in [0.25, 0.3) is 0 Å². The molecule has 0 spiro atoms. The third-order valence-corrected chi connectivity index (χ3v) is 7.77. The molecule has 0 unspecified atom stereocenters. The average Bonchev–Trinajstić information content (AvgIpc) is 2.68. The molecule has 1 fully saturated rings. The van der Waals surface area contributed by atoms with Crippen molar-refractivity contribution in [1.29, 1.82) is 0 Å². The fourth-order valence-corrected chi connectivity index (χ4v) is 5.96. The maximum atomic E-state index is 13.1. The molecular weight excluding hydrogens is 366 g/mol. The van der Waals surface area contributed by atoms with Crippen molar-refractivity contribution in [3.63, 3.8) is 0 Å². The van der Waals surface area contributed by atoms with Crippen LogP contribution in [0.15, 0.2) is 47.5 Å². The zero-order chi connectivity index (χ0) is 18.0. The van der Waals surface area contributed by atoms with Gasteiger partial charge in [-0.15, -0.1) is 0 Å². The van der Waals surface area contributed by atoms with Gasteiger partial charge in [-0.3, -0.25) is 9.88 Å². The van der Waals surface area contributed by atoms with Crippen molar-refractivity contribution in [2.75, 3.05) is 31.1 Å². The predicted molar refractivity (Wildman–Crippen MR) is 105 cm³/mol. The number of sulfonamides is 1. The lowest BCUT2D eigenvalue weighted by Crippen LogP contribution is -2.36. The Balaban J connectivity index is 1.53. The summed E-state index contributed by atoms with van der Waals surface area (Å²) in [5.41, 5.74) is 3.08. The van der Waals surface area contributed by atoms with E-state index in [0.29, 0.717) is 24.4 Å². The molecule has 0 N–H and O–H groups in total. The van der Waals surface area contributed by atoms with Crippen molar-refractivity contribution in [2.24, 2.45) is 0 Å². The quantitative estimate of drug-likeness (QED) is 0.804. The number of thioether (sulfide) groups is 1. The summed E-state index contributed by atoms with van der Waals surface area (Å²) < 4.78 is 27.8. The summed E-state index contributed by atoms with van der Waals surface area (Å²) >= 11 is 1.98. The number of aromatic nitrogens is 1. The molecule has 1 aromatic carbocycles. The van der Waals surface area contributed by atoms with Crippen molar-refractivity contribution in [2.45, 2.75) is 24.4 Å². The molecule has 2 aliphatic heterocycles. The number of rotatable bonds is 4. The third kappa shape index (κ3) is 3.81. The van der Waals surface area contributed by atoms with Gasteiger partial charge in [0.25, 0.3) is 0 Å². The molecule has 1 saturated heterocycles. The van der Waals surface area contributed by atoms with Crippen LogP contribution in [0, 0.1) is 0 Å². The van der Waals surface area contributed by atoms with E-state index < -0.39 is 10.0 Å². The Morgan fingerprint density at radius 2 is 1.92 bits per heavy atom. The van der Waals surface area contributed by atoms with E-state index in [1.54, 1.807) is 16.6 Å². The Bertz CT molecular complexity index is 880. The summed E-state index contributed by atoms with van der Waals surface area (Å²) in [5, 5.41) is 0. The molecule has 26 heavy (non-hydrogen) atoms. The Labute approximate surface area is 159 Å². The third-order valence-electron chi connectivity index (χ3n) is 4.99. The molecule has 138 valence electrons. The molecule has 4 rings (SSSR count). The minimum atomic E-state index is -3.50. The molecule has 2 aliphatic rings. The topological polar surface area (TPSA) is 53.5 Å². The molecule has 0 radical (unpaired) electrons. The van der Waals surface area contributed by atoms with Crippen LogP contribution in [0.2, 0.25) is 0 Å². The van der Waals surface area contributed by atoms with Crippen LogP contribution >= 0.6 is 11.8 Å². The molecule has 0 saturated carbocycles. The predicted octanol–water partition coefficient (Wildman–Crippen LogP) is 2.38. The smallest absolute Gasteiger partial charge is 0.243 e. The van der Waals surface area contributed by atoms with Crippen molar-refractivity contribution in [1.82, 2.24) is 14.2 Å². The van der Waals surface area contributed by atoms with Crippen LogP contribution in [0.1, 0.15) is 16.8 Å². The van der Waals surface area contributed by atoms with Gasteiger partial charge in [0.1, 0.15) is 0 Å². The first kappa shape index (κ1) is 18.0. The lowest BCUT2D eigenvalue weighted by Gasteiger charge is -2.28. The van der Waals surface area contributed by atoms with E-state index in [2.05, 4.69) is 9.88 Å². The normalized spacial score (nSPS) is 19.2. The largest absolute Gasteiger partial charge is 0.297 e. The second kappa shape index (κ2) is 7.68. The number of nitrogens with zero attached hydrogens (tertiary/aromatic N) is 3. The minimum absolute atomic E-state index is 0.353. The maximum absolute atomic E-state index is 13.1. The minimum Gasteiger partial charge on any atom is -0.297 e. The van der Waals surface area contributed by atoms with Gasteiger partial charge in [-0.25, -0.2) is 8.42 Å². The van der Waals surface area contributed by atoms with E-state index in [-0.39, 0.29) is 0 Å². The van der Waals surface area contributed by atoms with Crippen LogP contribution in [0.3, 0.4) is 0 Å². The Morgan fingerprint density at radius 3 is 2.77 bits per heavy atom. The molecule has 3 heterocycles. The lowest BCUT2D eigenvalue weighted by atomic mass is 10.1. The van der Waals surface area contributed by atoms with E-state index in [0.717, 1.165) is 48.0 Å². The molecule has 0 bridgehead atoms. The van der Waals surface area contributed by atoms with E-state index in [1.807, 2.05) is 42.1 Å². The van der Waals surface area contributed by atoms with Crippen LogP contribution in [0.5, 0.6) is 0 Å². The number of benzene rings is 1. The lowest BCUT2D eigenvalue weighted by molar-refractivity contribution is 0.294. The van der Waals surface area contributed by atoms with Gasteiger partial charge in [-0.2, -0.15) is 16.1 Å². The first-order chi connectivity index (χ1) is 12.6. The van der Waals surface area contributed by atoms with E-state index in [1.165, 1.54) is 0 Å².